The molecule has 0 spiro atoms. The predicted molar refractivity (Wildman–Crippen MR) is 113 cm³/mol. The minimum absolute atomic E-state index is 0.0953. The number of likely N-dealkylation sites (N-methyl/N-ethyl adjacent to an activating group) is 1. The van der Waals surface area contributed by atoms with Crippen molar-refractivity contribution in [1.29, 1.82) is 5.26 Å². The molecule has 1 aliphatic heterocycles. The maximum atomic E-state index is 12.9. The van der Waals surface area contributed by atoms with Crippen molar-refractivity contribution in [2.75, 3.05) is 27.6 Å². The number of amides is 1. The lowest BCUT2D eigenvalue weighted by Gasteiger charge is -2.18. The van der Waals surface area contributed by atoms with Crippen LogP contribution < -0.4 is 9.47 Å². The Bertz CT molecular complexity index is 1020. The number of benzene rings is 1. The van der Waals surface area contributed by atoms with Gasteiger partial charge in [-0.1, -0.05) is 6.07 Å². The van der Waals surface area contributed by atoms with E-state index in [2.05, 4.69) is 17.6 Å². The molecule has 0 bridgehead atoms. The van der Waals surface area contributed by atoms with Crippen LogP contribution >= 0.6 is 0 Å². The van der Waals surface area contributed by atoms with Gasteiger partial charge in [-0.15, -0.1) is 0 Å². The van der Waals surface area contributed by atoms with Gasteiger partial charge in [0.05, 0.1) is 12.6 Å². The van der Waals surface area contributed by atoms with Crippen molar-refractivity contribution in [3.8, 4) is 17.6 Å². The molecule has 0 radical (unpaired) electrons. The number of carbonyl (C=O) groups excluding carboxylic acids is 1. The van der Waals surface area contributed by atoms with Crippen LogP contribution in [0.3, 0.4) is 0 Å². The van der Waals surface area contributed by atoms with Gasteiger partial charge in [0, 0.05) is 32.1 Å². The lowest BCUT2D eigenvalue weighted by Crippen LogP contribution is -2.27. The van der Waals surface area contributed by atoms with E-state index in [0.717, 1.165) is 22.5 Å². The Hall–Kier alpha value is -3.24. The molecule has 1 aromatic heterocycles. The third kappa shape index (κ3) is 4.34. The first kappa shape index (κ1) is 21.5. The highest BCUT2D eigenvalue weighted by atomic mass is 16.7. The average molecular weight is 409 g/mol. The van der Waals surface area contributed by atoms with E-state index in [9.17, 15) is 10.1 Å². The third-order valence-electron chi connectivity index (χ3n) is 5.23. The summed E-state index contributed by atoms with van der Waals surface area (Å²) in [5, 5.41) is 9.63. The molecule has 30 heavy (non-hydrogen) atoms. The van der Waals surface area contributed by atoms with Crippen molar-refractivity contribution in [2.24, 2.45) is 0 Å². The smallest absolute Gasteiger partial charge is 0.264 e. The summed E-state index contributed by atoms with van der Waals surface area (Å²) in [6, 6.07) is 9.78. The van der Waals surface area contributed by atoms with Crippen LogP contribution in [0.4, 0.5) is 0 Å². The summed E-state index contributed by atoms with van der Waals surface area (Å²) < 4.78 is 18.1. The summed E-state index contributed by atoms with van der Waals surface area (Å²) in [6.45, 7) is 7.22. The molecule has 1 atom stereocenters. The second-order valence-corrected chi connectivity index (χ2v) is 7.52. The van der Waals surface area contributed by atoms with Crippen LogP contribution in [0, 0.1) is 25.2 Å². The lowest BCUT2D eigenvalue weighted by molar-refractivity contribution is -0.125. The van der Waals surface area contributed by atoms with E-state index >= 15 is 0 Å². The van der Waals surface area contributed by atoms with Gasteiger partial charge in [0.1, 0.15) is 11.6 Å². The standard InChI is InChI=1S/C23H27N3O4/c1-15-8-19(17(3)26(15)16(2)13-28-5)10-20(11-24)23(27)25(4)12-18-6-7-21-22(9-18)30-14-29-21/h6-10,16H,12-14H2,1-5H3/b20-10+. The zero-order valence-electron chi connectivity index (χ0n) is 18.1. The number of hydrogen-bond acceptors (Lipinski definition) is 5. The number of nitriles is 1. The van der Waals surface area contributed by atoms with Crippen LogP contribution in [0.1, 0.15) is 35.5 Å². The molecule has 0 aliphatic carbocycles. The molecule has 1 amide bonds. The lowest BCUT2D eigenvalue weighted by atomic mass is 10.1. The molecule has 1 unspecified atom stereocenters. The van der Waals surface area contributed by atoms with Gasteiger partial charge in [-0.3, -0.25) is 4.79 Å². The van der Waals surface area contributed by atoms with Crippen molar-refractivity contribution >= 4 is 12.0 Å². The number of fused-ring (bicyclic) bond motifs is 1. The molecular weight excluding hydrogens is 382 g/mol. The van der Waals surface area contributed by atoms with Crippen LogP contribution in [-0.4, -0.2) is 42.9 Å². The number of rotatable bonds is 7. The zero-order valence-corrected chi connectivity index (χ0v) is 18.1. The van der Waals surface area contributed by atoms with Crippen LogP contribution in [0.5, 0.6) is 11.5 Å². The second kappa shape index (κ2) is 9.06. The predicted octanol–water partition coefficient (Wildman–Crippen LogP) is 3.61. The van der Waals surface area contributed by atoms with Gasteiger partial charge in [0.2, 0.25) is 6.79 Å². The molecule has 0 saturated carbocycles. The van der Waals surface area contributed by atoms with E-state index in [4.69, 9.17) is 14.2 Å². The number of nitrogens with zero attached hydrogens (tertiary/aromatic N) is 3. The van der Waals surface area contributed by atoms with Gasteiger partial charge in [-0.25, -0.2) is 0 Å². The molecule has 0 saturated heterocycles. The monoisotopic (exact) mass is 409 g/mol. The van der Waals surface area contributed by atoms with Gasteiger partial charge < -0.3 is 23.7 Å². The fraction of sp³-hybridized carbons (Fsp3) is 0.391. The van der Waals surface area contributed by atoms with Gasteiger partial charge in [0.15, 0.2) is 11.5 Å². The number of ether oxygens (including phenoxy) is 3. The Morgan fingerprint density at radius 3 is 2.77 bits per heavy atom. The Labute approximate surface area is 177 Å². The van der Waals surface area contributed by atoms with Crippen LogP contribution in [0.25, 0.3) is 6.08 Å². The van der Waals surface area contributed by atoms with E-state index in [1.807, 2.05) is 38.1 Å². The zero-order chi connectivity index (χ0) is 21.8. The molecule has 2 aromatic rings. The SMILES string of the molecule is COCC(C)n1c(C)cc(/C=C(\C#N)C(=O)N(C)Cc2ccc3c(c2)OCO3)c1C. The maximum absolute atomic E-state index is 12.9. The Kier molecular flexibility index (Phi) is 6.48. The van der Waals surface area contributed by atoms with E-state index in [1.165, 1.54) is 4.90 Å². The van der Waals surface area contributed by atoms with Gasteiger partial charge in [-0.2, -0.15) is 5.26 Å². The van der Waals surface area contributed by atoms with Gasteiger partial charge in [-0.05, 0) is 56.2 Å². The fourth-order valence-corrected chi connectivity index (χ4v) is 3.83. The molecule has 7 nitrogen and oxygen atoms in total. The first-order valence-electron chi connectivity index (χ1n) is 9.78. The molecule has 0 N–H and O–H groups in total. The summed E-state index contributed by atoms with van der Waals surface area (Å²) in [7, 11) is 3.36. The third-order valence-corrected chi connectivity index (χ3v) is 5.23. The molecule has 1 aliphatic rings. The molecule has 158 valence electrons. The first-order valence-corrected chi connectivity index (χ1v) is 9.78. The summed E-state index contributed by atoms with van der Waals surface area (Å²) in [4.78, 5) is 14.4. The van der Waals surface area contributed by atoms with Crippen LogP contribution in [0.15, 0.2) is 29.8 Å². The van der Waals surface area contributed by atoms with Crippen molar-refractivity contribution in [2.45, 2.75) is 33.4 Å². The molecule has 3 rings (SSSR count). The molecular formula is C23H27N3O4. The van der Waals surface area contributed by atoms with E-state index in [-0.39, 0.29) is 24.3 Å². The van der Waals surface area contributed by atoms with Crippen molar-refractivity contribution in [1.82, 2.24) is 9.47 Å². The number of aryl methyl sites for hydroxylation is 1. The van der Waals surface area contributed by atoms with Gasteiger partial charge in [0.25, 0.3) is 5.91 Å². The number of methoxy groups -OCH3 is 1. The molecule has 2 heterocycles. The fourth-order valence-electron chi connectivity index (χ4n) is 3.83. The summed E-state index contributed by atoms with van der Waals surface area (Å²) in [5.41, 5.74) is 3.91. The average Bonchev–Trinajstić information content (AvgIpc) is 3.29. The normalized spacial score (nSPS) is 13.8. The summed E-state index contributed by atoms with van der Waals surface area (Å²) in [5.74, 6) is 1.04. The quantitative estimate of drug-likeness (QED) is 0.516. The summed E-state index contributed by atoms with van der Waals surface area (Å²) in [6.07, 6.45) is 1.66. The van der Waals surface area contributed by atoms with E-state index in [1.54, 1.807) is 20.2 Å². The number of aromatic nitrogens is 1. The second-order valence-electron chi connectivity index (χ2n) is 7.52. The topological polar surface area (TPSA) is 76.7 Å². The molecule has 0 fully saturated rings. The summed E-state index contributed by atoms with van der Waals surface area (Å²) >= 11 is 0. The minimum Gasteiger partial charge on any atom is -0.454 e. The highest BCUT2D eigenvalue weighted by Gasteiger charge is 2.19. The Morgan fingerprint density at radius 1 is 1.33 bits per heavy atom. The van der Waals surface area contributed by atoms with Crippen LogP contribution in [-0.2, 0) is 16.1 Å². The van der Waals surface area contributed by atoms with E-state index in [0.29, 0.717) is 24.7 Å². The minimum atomic E-state index is -0.329. The van der Waals surface area contributed by atoms with Crippen molar-refractivity contribution in [3.05, 3.63) is 52.4 Å². The maximum Gasteiger partial charge on any atom is 0.264 e. The van der Waals surface area contributed by atoms with E-state index < -0.39 is 0 Å². The number of hydrogen-bond donors (Lipinski definition) is 0. The number of carbonyl (C=O) groups is 1. The largest absolute Gasteiger partial charge is 0.454 e. The van der Waals surface area contributed by atoms with Gasteiger partial charge >= 0.3 is 0 Å². The molecule has 1 aromatic carbocycles. The van der Waals surface area contributed by atoms with Crippen LogP contribution in [0.2, 0.25) is 0 Å². The van der Waals surface area contributed by atoms with Crippen molar-refractivity contribution < 1.29 is 19.0 Å². The first-order chi connectivity index (χ1) is 14.3. The Morgan fingerprint density at radius 2 is 2.07 bits per heavy atom. The highest BCUT2D eigenvalue weighted by Crippen LogP contribution is 2.32. The highest BCUT2D eigenvalue weighted by molar-refractivity contribution is 6.01. The Balaban J connectivity index is 1.80. The molecule has 7 heteroatoms. The van der Waals surface area contributed by atoms with Crippen molar-refractivity contribution in [3.63, 3.8) is 0 Å².